The van der Waals surface area contributed by atoms with E-state index in [2.05, 4.69) is 15.5 Å². The van der Waals surface area contributed by atoms with E-state index in [1.165, 1.54) is 0 Å². The van der Waals surface area contributed by atoms with E-state index in [-0.39, 0.29) is 0 Å². The number of hydrogen-bond acceptors (Lipinski definition) is 5. The van der Waals surface area contributed by atoms with Crippen LogP contribution in [0.4, 0.5) is 0 Å². The third-order valence-electron chi connectivity index (χ3n) is 3.07. The van der Waals surface area contributed by atoms with Crippen molar-refractivity contribution in [2.24, 2.45) is 0 Å². The molecule has 6 nitrogen and oxygen atoms in total. The van der Waals surface area contributed by atoms with E-state index in [1.807, 2.05) is 6.92 Å². The number of nitrogens with zero attached hydrogens (tertiary/aromatic N) is 2. The Morgan fingerprint density at radius 1 is 1.42 bits per heavy atom. The van der Waals surface area contributed by atoms with Crippen molar-refractivity contribution in [3.8, 4) is 0 Å². The second-order valence-electron chi connectivity index (χ2n) is 4.42. The third kappa shape index (κ3) is 3.13. The Balaban J connectivity index is 2.30. The van der Waals surface area contributed by atoms with Gasteiger partial charge in [0.1, 0.15) is 4.90 Å². The van der Waals surface area contributed by atoms with Crippen LogP contribution in [0.2, 0.25) is 0 Å². The van der Waals surface area contributed by atoms with E-state index >= 15 is 0 Å². The Bertz CT molecular complexity index is 521. The summed E-state index contributed by atoms with van der Waals surface area (Å²) in [7, 11) is -3.42. The van der Waals surface area contributed by atoms with Gasteiger partial charge >= 0.3 is 0 Å². The van der Waals surface area contributed by atoms with Gasteiger partial charge in [-0.2, -0.15) is 21.2 Å². The molecule has 1 fully saturated rings. The first-order valence-electron chi connectivity index (χ1n) is 6.39. The van der Waals surface area contributed by atoms with Gasteiger partial charge in [-0.15, -0.1) is 0 Å². The first-order valence-corrected chi connectivity index (χ1v) is 8.99. The molecule has 0 radical (unpaired) electrons. The maximum absolute atomic E-state index is 12.7. The molecular formula is C11H20N4O2S2. The number of aromatic amines is 1. The van der Waals surface area contributed by atoms with E-state index < -0.39 is 10.0 Å². The quantitative estimate of drug-likeness (QED) is 0.831. The Hall–Kier alpha value is -0.570. The number of aryl methyl sites for hydroxylation is 1. The average molecular weight is 304 g/mol. The van der Waals surface area contributed by atoms with Crippen LogP contribution in [-0.4, -0.2) is 54.1 Å². The van der Waals surface area contributed by atoms with Crippen molar-refractivity contribution < 1.29 is 8.42 Å². The molecule has 0 amide bonds. The van der Waals surface area contributed by atoms with Crippen molar-refractivity contribution in [3.63, 3.8) is 0 Å². The molecule has 1 aromatic rings. The Labute approximate surface area is 118 Å². The highest BCUT2D eigenvalue weighted by molar-refractivity contribution is 7.99. The van der Waals surface area contributed by atoms with E-state index in [0.29, 0.717) is 35.9 Å². The number of H-pyrrole nitrogens is 1. The van der Waals surface area contributed by atoms with Crippen LogP contribution in [-0.2, 0) is 16.6 Å². The summed E-state index contributed by atoms with van der Waals surface area (Å²) in [6.45, 7) is 6.16. The number of aromatic nitrogens is 2. The van der Waals surface area contributed by atoms with Gasteiger partial charge in [0, 0.05) is 31.1 Å². The van der Waals surface area contributed by atoms with Crippen LogP contribution in [0, 0.1) is 6.92 Å². The summed E-state index contributed by atoms with van der Waals surface area (Å²) in [6.07, 6.45) is 0. The molecule has 0 bridgehead atoms. The maximum atomic E-state index is 12.7. The molecule has 0 atom stereocenters. The van der Waals surface area contributed by atoms with Crippen molar-refractivity contribution in [3.05, 3.63) is 11.4 Å². The van der Waals surface area contributed by atoms with Gasteiger partial charge in [-0.05, 0) is 13.5 Å². The van der Waals surface area contributed by atoms with Gasteiger partial charge in [-0.25, -0.2) is 8.42 Å². The van der Waals surface area contributed by atoms with Crippen LogP contribution in [0.5, 0.6) is 0 Å². The molecule has 2 heterocycles. The van der Waals surface area contributed by atoms with Crippen molar-refractivity contribution in [2.45, 2.75) is 25.3 Å². The molecule has 2 rings (SSSR count). The Morgan fingerprint density at radius 3 is 2.74 bits per heavy atom. The summed E-state index contributed by atoms with van der Waals surface area (Å²) < 4.78 is 26.9. The Morgan fingerprint density at radius 2 is 2.11 bits per heavy atom. The molecule has 0 spiro atoms. The van der Waals surface area contributed by atoms with E-state index in [1.54, 1.807) is 23.0 Å². The monoisotopic (exact) mass is 304 g/mol. The lowest BCUT2D eigenvalue weighted by Gasteiger charge is -2.25. The van der Waals surface area contributed by atoms with Crippen LogP contribution in [0.3, 0.4) is 0 Å². The fraction of sp³-hybridized carbons (Fsp3) is 0.727. The largest absolute Gasteiger partial charge is 0.311 e. The van der Waals surface area contributed by atoms with E-state index in [9.17, 15) is 8.42 Å². The minimum atomic E-state index is -3.42. The van der Waals surface area contributed by atoms with Gasteiger partial charge in [-0.3, -0.25) is 5.10 Å². The summed E-state index contributed by atoms with van der Waals surface area (Å²) >= 11 is 1.79. The minimum absolute atomic E-state index is 0.348. The zero-order chi connectivity index (χ0) is 13.9. The van der Waals surface area contributed by atoms with Crippen LogP contribution in [0.25, 0.3) is 0 Å². The zero-order valence-electron chi connectivity index (χ0n) is 11.3. The van der Waals surface area contributed by atoms with Crippen LogP contribution < -0.4 is 5.32 Å². The molecule has 1 aromatic heterocycles. The van der Waals surface area contributed by atoms with Crippen LogP contribution in [0.1, 0.15) is 18.3 Å². The summed E-state index contributed by atoms with van der Waals surface area (Å²) in [5.74, 6) is 1.72. The fourth-order valence-electron chi connectivity index (χ4n) is 2.09. The molecule has 1 saturated heterocycles. The summed E-state index contributed by atoms with van der Waals surface area (Å²) in [6, 6.07) is 0. The molecule has 0 aliphatic carbocycles. The highest BCUT2D eigenvalue weighted by atomic mass is 32.2. The normalized spacial score (nSPS) is 17.8. The zero-order valence-corrected chi connectivity index (χ0v) is 12.9. The molecule has 1 aliphatic heterocycles. The molecule has 2 N–H and O–H groups in total. The predicted molar refractivity (Wildman–Crippen MR) is 76.8 cm³/mol. The number of sulfonamides is 1. The molecule has 1 aliphatic rings. The van der Waals surface area contributed by atoms with Gasteiger partial charge in [-0.1, -0.05) is 6.92 Å². The van der Waals surface area contributed by atoms with Gasteiger partial charge in [0.2, 0.25) is 10.0 Å². The minimum Gasteiger partial charge on any atom is -0.311 e. The number of hydrogen-bond donors (Lipinski definition) is 2. The van der Waals surface area contributed by atoms with Crippen molar-refractivity contribution >= 4 is 21.8 Å². The SMILES string of the molecule is CCNCc1n[nH]c(C)c1S(=O)(=O)N1CCSCC1. The van der Waals surface area contributed by atoms with Gasteiger partial charge in [0.25, 0.3) is 0 Å². The molecule has 0 aromatic carbocycles. The molecular weight excluding hydrogens is 284 g/mol. The standard InChI is InChI=1S/C11H20N4O2S2/c1-3-12-8-10-11(9(2)13-14-10)19(16,17)15-4-6-18-7-5-15/h12H,3-8H2,1-2H3,(H,13,14). The van der Waals surface area contributed by atoms with Gasteiger partial charge in [0.05, 0.1) is 11.4 Å². The highest BCUT2D eigenvalue weighted by Gasteiger charge is 2.31. The van der Waals surface area contributed by atoms with Crippen molar-refractivity contribution in [2.75, 3.05) is 31.1 Å². The van der Waals surface area contributed by atoms with Crippen LogP contribution >= 0.6 is 11.8 Å². The lowest BCUT2D eigenvalue weighted by atomic mass is 10.3. The summed E-state index contributed by atoms with van der Waals surface area (Å²) in [5, 5.41) is 10.0. The van der Waals surface area contributed by atoms with Gasteiger partial charge < -0.3 is 5.32 Å². The van der Waals surface area contributed by atoms with Crippen molar-refractivity contribution in [1.82, 2.24) is 19.8 Å². The second kappa shape index (κ2) is 6.25. The summed E-state index contributed by atoms with van der Waals surface area (Å²) in [4.78, 5) is 0.348. The van der Waals surface area contributed by atoms with Crippen molar-refractivity contribution in [1.29, 1.82) is 0 Å². The Kier molecular flexibility index (Phi) is 4.88. The molecule has 8 heteroatoms. The predicted octanol–water partition coefficient (Wildman–Crippen LogP) is 0.565. The van der Waals surface area contributed by atoms with Crippen LogP contribution in [0.15, 0.2) is 4.90 Å². The second-order valence-corrected chi connectivity index (χ2v) is 7.52. The number of thioether (sulfide) groups is 1. The number of rotatable bonds is 5. The fourth-order valence-corrected chi connectivity index (χ4v) is 4.99. The molecule has 0 unspecified atom stereocenters. The lowest BCUT2D eigenvalue weighted by molar-refractivity contribution is 0.442. The van der Waals surface area contributed by atoms with E-state index in [0.717, 1.165) is 18.1 Å². The molecule has 0 saturated carbocycles. The summed E-state index contributed by atoms with van der Waals surface area (Å²) in [5.41, 5.74) is 1.20. The first kappa shape index (κ1) is 14.8. The average Bonchev–Trinajstić information content (AvgIpc) is 2.79. The lowest BCUT2D eigenvalue weighted by Crippen LogP contribution is -2.38. The highest BCUT2D eigenvalue weighted by Crippen LogP contribution is 2.24. The van der Waals surface area contributed by atoms with Gasteiger partial charge in [0.15, 0.2) is 0 Å². The third-order valence-corrected chi connectivity index (χ3v) is 6.12. The molecule has 108 valence electrons. The topological polar surface area (TPSA) is 78.1 Å². The van der Waals surface area contributed by atoms with E-state index in [4.69, 9.17) is 0 Å². The smallest absolute Gasteiger partial charge is 0.246 e. The first-order chi connectivity index (χ1) is 9.07. The maximum Gasteiger partial charge on any atom is 0.246 e. The molecule has 19 heavy (non-hydrogen) atoms. The number of nitrogens with one attached hydrogen (secondary N) is 2.